The summed E-state index contributed by atoms with van der Waals surface area (Å²) in [6.45, 7) is 4.27. The summed E-state index contributed by atoms with van der Waals surface area (Å²) < 4.78 is 14.2. The smallest absolute Gasteiger partial charge is 0.669 e. The van der Waals surface area contributed by atoms with Crippen LogP contribution >= 0.6 is 0 Å². The number of para-hydroxylation sites is 1. The number of ether oxygens (including phenoxy) is 2. The van der Waals surface area contributed by atoms with E-state index in [0.717, 1.165) is 33.6 Å². The Labute approximate surface area is 386 Å². The molecule has 61 heavy (non-hydrogen) atoms. The fourth-order valence-corrected chi connectivity index (χ4v) is 7.47. The molecule has 8 aromatic rings. The molecule has 1 aliphatic carbocycles. The number of nitrogens with zero attached hydrogens (tertiary/aromatic N) is 4. The number of rotatable bonds is 8. The van der Waals surface area contributed by atoms with Gasteiger partial charge < -0.3 is 35.2 Å². The molecule has 6 nitrogen and oxygen atoms in total. The van der Waals surface area contributed by atoms with Crippen LogP contribution < -0.4 is 14.4 Å². The van der Waals surface area contributed by atoms with Crippen LogP contribution in [0.3, 0.4) is 0 Å². The number of fused-ring (bicyclic) bond motifs is 3. The zero-order valence-electron chi connectivity index (χ0n) is 33.0. The minimum absolute atomic E-state index is 0. The summed E-state index contributed by atoms with van der Waals surface area (Å²) in [6, 6.07) is 65.6. The van der Waals surface area contributed by atoms with Gasteiger partial charge in [-0.2, -0.15) is 43.1 Å². The van der Waals surface area contributed by atoms with Gasteiger partial charge in [-0.15, -0.1) is 65.3 Å². The van der Waals surface area contributed by atoms with Crippen LogP contribution in [0.1, 0.15) is 23.6 Å². The molecule has 0 N–H and O–H groups in total. The number of benzene rings is 6. The van der Waals surface area contributed by atoms with Crippen LogP contribution in [0.5, 0.6) is 23.0 Å². The van der Waals surface area contributed by atoms with Gasteiger partial charge in [-0.1, -0.05) is 72.6 Å². The van der Waals surface area contributed by atoms with Gasteiger partial charge in [0.1, 0.15) is 0 Å². The maximum absolute atomic E-state index is 6.57. The van der Waals surface area contributed by atoms with Crippen molar-refractivity contribution in [1.29, 1.82) is 0 Å². The molecule has 0 spiro atoms. The van der Waals surface area contributed by atoms with Gasteiger partial charge in [0.25, 0.3) is 0 Å². The Bertz CT molecular complexity index is 2790. The number of anilines is 1. The third kappa shape index (κ3) is 9.06. The Hall–Kier alpha value is -6.37. The van der Waals surface area contributed by atoms with E-state index in [9.17, 15) is 0 Å². The minimum atomic E-state index is -0.432. The molecular weight excluding hydrogens is 1110 g/mol. The predicted molar refractivity (Wildman–Crippen MR) is 230 cm³/mol. The van der Waals surface area contributed by atoms with Gasteiger partial charge >= 0.3 is 21.1 Å². The number of pyridine rings is 1. The molecule has 0 atom stereocenters. The first-order valence-electron chi connectivity index (χ1n) is 19.1. The summed E-state index contributed by atoms with van der Waals surface area (Å²) in [4.78, 5) is 8.67. The Balaban J connectivity index is 0.000000569. The van der Waals surface area contributed by atoms with E-state index in [1.807, 2.05) is 115 Å². The molecule has 6 aromatic carbocycles. The standard InChI is InChI=1S/C47H31N3O2.C6H4N.2Pt/c1-47(44-20-8-6-18-42(44)43-19-7-9-21-45(43)47)36-26-35(28-41(30-36)51-38-14-4-3-5-15-38)33-22-23-48-46(29-33)34-12-10-16-39(27-34)52-40-17-11-13-37(31-40)50-25-24-49(2)32-50;1-2-7-5-3-4-6-7;;/h3-14,16-21,23-26,29-30,32H,1-2H3;3-6H;;/q-6;-1;;+4. The predicted octanol–water partition coefficient (Wildman–Crippen LogP) is 11.6. The molecule has 0 bridgehead atoms. The number of aromatic nitrogens is 2. The molecular formula is C53H35N4O2Pt2-3. The normalized spacial score (nSPS) is 12.7. The summed E-state index contributed by atoms with van der Waals surface area (Å²) in [5, 5.41) is 0. The van der Waals surface area contributed by atoms with E-state index in [1.54, 1.807) is 23.2 Å². The summed E-state index contributed by atoms with van der Waals surface area (Å²) >= 11 is 0. The fraction of sp³-hybridized carbons (Fsp3) is 0.0566. The second-order valence-electron chi connectivity index (χ2n) is 14.2. The first kappa shape index (κ1) is 42.7. The van der Waals surface area contributed by atoms with Crippen LogP contribution in [0.25, 0.3) is 33.5 Å². The van der Waals surface area contributed by atoms with Gasteiger partial charge in [0.05, 0.1) is 0 Å². The van der Waals surface area contributed by atoms with Gasteiger partial charge in [0.2, 0.25) is 0 Å². The molecule has 302 valence electrons. The number of hydrogen-bond donors (Lipinski definition) is 0. The zero-order valence-corrected chi connectivity index (χ0v) is 37.5. The maximum Gasteiger partial charge on any atom is 4.00 e. The molecule has 8 heteroatoms. The summed E-state index contributed by atoms with van der Waals surface area (Å²) in [6.07, 6.45) is 15.7. The second kappa shape index (κ2) is 18.9. The van der Waals surface area contributed by atoms with Crippen molar-refractivity contribution in [2.45, 2.75) is 12.3 Å². The van der Waals surface area contributed by atoms with E-state index in [-0.39, 0.29) is 42.1 Å². The van der Waals surface area contributed by atoms with Gasteiger partial charge in [-0.25, -0.2) is 18.2 Å². The average molecular weight is 1150 g/mol. The molecule has 0 amide bonds. The van der Waals surface area contributed by atoms with Crippen LogP contribution in [-0.4, -0.2) is 21.5 Å². The Kier molecular flexibility index (Phi) is 13.2. The average Bonchev–Trinajstić information content (AvgIpc) is 4.04. The SMILES string of the molecule is CN1C=CN(c2[c-]c(Oc3[c-]c(-c4cc(-c5[c-]c(Oc6[c-]cccc6)cc(C6(C)c7ccccc7-c7ccccc76)c5)[c-]cn4)ccc3)ccc2)[CH-]1.[C-]#Cn1cccc1.[Pt+4].[Pt]. The van der Waals surface area contributed by atoms with Crippen molar-refractivity contribution < 1.29 is 51.6 Å². The largest absolute Gasteiger partial charge is 4.00 e. The van der Waals surface area contributed by atoms with Crippen LogP contribution in [0.15, 0.2) is 171 Å². The number of hydrogen-bond acceptors (Lipinski definition) is 5. The summed E-state index contributed by atoms with van der Waals surface area (Å²) in [7, 11) is 1.98. The van der Waals surface area contributed by atoms with Crippen molar-refractivity contribution in [3.63, 3.8) is 0 Å². The van der Waals surface area contributed by atoms with E-state index in [2.05, 4.69) is 104 Å². The van der Waals surface area contributed by atoms with Crippen LogP contribution in [-0.2, 0) is 47.5 Å². The molecule has 0 fully saturated rings. The van der Waals surface area contributed by atoms with Crippen LogP contribution in [0.2, 0.25) is 0 Å². The quantitative estimate of drug-likeness (QED) is 0.112. The van der Waals surface area contributed by atoms with Crippen LogP contribution in [0, 0.1) is 49.5 Å². The molecule has 1 aliphatic heterocycles. The molecule has 2 aromatic heterocycles. The topological polar surface area (TPSA) is 42.8 Å². The van der Waals surface area contributed by atoms with Crippen LogP contribution in [0.4, 0.5) is 5.69 Å². The Morgan fingerprint density at radius 2 is 1.31 bits per heavy atom. The molecule has 10 rings (SSSR count). The van der Waals surface area contributed by atoms with Gasteiger partial charge in [0.15, 0.2) is 0 Å². The van der Waals surface area contributed by atoms with Crippen molar-refractivity contribution in [1.82, 2.24) is 14.5 Å². The first-order chi connectivity index (χ1) is 28.9. The fourth-order valence-electron chi connectivity index (χ4n) is 7.47. The van der Waals surface area contributed by atoms with Crippen molar-refractivity contribution >= 4 is 5.69 Å². The minimum Gasteiger partial charge on any atom is -0.669 e. The monoisotopic (exact) mass is 1150 g/mol. The summed E-state index contributed by atoms with van der Waals surface area (Å²) in [5.41, 5.74) is 9.72. The van der Waals surface area contributed by atoms with E-state index < -0.39 is 5.41 Å². The molecule has 2 aliphatic rings. The van der Waals surface area contributed by atoms with Crippen molar-refractivity contribution in [2.24, 2.45) is 0 Å². The van der Waals surface area contributed by atoms with Crippen molar-refractivity contribution in [3.8, 4) is 62.6 Å². The van der Waals surface area contributed by atoms with E-state index in [1.165, 1.54) is 22.3 Å². The van der Waals surface area contributed by atoms with Crippen molar-refractivity contribution in [2.75, 3.05) is 11.9 Å². The second-order valence-corrected chi connectivity index (χ2v) is 14.2. The Morgan fingerprint density at radius 1 is 0.656 bits per heavy atom. The molecule has 0 saturated heterocycles. The Morgan fingerprint density at radius 3 is 1.98 bits per heavy atom. The van der Waals surface area contributed by atoms with Gasteiger partial charge in [-0.05, 0) is 60.8 Å². The first-order valence-corrected chi connectivity index (χ1v) is 19.1. The van der Waals surface area contributed by atoms with Gasteiger partial charge in [-0.3, -0.25) is 11.1 Å². The van der Waals surface area contributed by atoms with E-state index in [0.29, 0.717) is 23.0 Å². The molecule has 0 saturated carbocycles. The zero-order chi connectivity index (χ0) is 40.2. The van der Waals surface area contributed by atoms with E-state index >= 15 is 0 Å². The maximum atomic E-state index is 6.57. The third-order valence-electron chi connectivity index (χ3n) is 10.3. The molecule has 0 unspecified atom stereocenters. The van der Waals surface area contributed by atoms with Crippen molar-refractivity contribution in [3.05, 3.63) is 231 Å². The van der Waals surface area contributed by atoms with E-state index in [4.69, 9.17) is 20.9 Å². The van der Waals surface area contributed by atoms with Gasteiger partial charge in [0, 0.05) is 61.9 Å². The third-order valence-corrected chi connectivity index (χ3v) is 10.3. The molecule has 0 radical (unpaired) electrons. The molecule has 3 heterocycles. The summed E-state index contributed by atoms with van der Waals surface area (Å²) in [5.74, 6) is 2.37.